The molecule has 1 aromatic carbocycles. The largest absolute Gasteiger partial charge is 0.481 e. The van der Waals surface area contributed by atoms with Gasteiger partial charge in [-0.05, 0) is 38.2 Å². The highest BCUT2D eigenvalue weighted by atomic mass is 16.4. The molecule has 170 valence electrons. The fourth-order valence-electron chi connectivity index (χ4n) is 3.83. The molecule has 0 aliphatic heterocycles. The number of aliphatic carboxylic acids is 1. The van der Waals surface area contributed by atoms with Gasteiger partial charge in [0.1, 0.15) is 0 Å². The number of nitrogens with one attached hydrogen (secondary N) is 1. The van der Waals surface area contributed by atoms with Gasteiger partial charge < -0.3 is 25.2 Å². The van der Waals surface area contributed by atoms with Crippen LogP contribution in [0.25, 0.3) is 11.1 Å². The van der Waals surface area contributed by atoms with Crippen molar-refractivity contribution < 1.29 is 24.9 Å². The van der Waals surface area contributed by atoms with Gasteiger partial charge >= 0.3 is 5.97 Å². The second-order valence-electron chi connectivity index (χ2n) is 8.47. The molecule has 2 rings (SSSR count). The van der Waals surface area contributed by atoms with Gasteiger partial charge in [-0.25, -0.2) is 0 Å². The van der Waals surface area contributed by atoms with Crippen LogP contribution in [0.4, 0.5) is 0 Å². The van der Waals surface area contributed by atoms with Crippen LogP contribution in [0.15, 0.2) is 30.3 Å². The Kier molecular flexibility index (Phi) is 8.83. The molecule has 0 saturated heterocycles. The molecule has 0 fully saturated rings. The van der Waals surface area contributed by atoms with Crippen LogP contribution >= 0.6 is 0 Å². The fraction of sp³-hybridized carbons (Fsp3) is 0.500. The summed E-state index contributed by atoms with van der Waals surface area (Å²) >= 11 is 0. The first-order valence-corrected chi connectivity index (χ1v) is 10.7. The van der Waals surface area contributed by atoms with Crippen LogP contribution in [0.3, 0.4) is 0 Å². The number of amides is 1. The quantitative estimate of drug-likeness (QED) is 0.438. The number of hydrogen-bond acceptors (Lipinski definition) is 4. The second-order valence-corrected chi connectivity index (χ2v) is 8.47. The number of nitrogens with zero attached hydrogens (tertiary/aromatic N) is 1. The van der Waals surface area contributed by atoms with Gasteiger partial charge in [-0.15, -0.1) is 0 Å². The van der Waals surface area contributed by atoms with Crippen LogP contribution in [0, 0.1) is 19.8 Å². The smallest absolute Gasteiger partial charge is 0.305 e. The molecule has 0 spiro atoms. The van der Waals surface area contributed by atoms with Crippen LogP contribution in [0.2, 0.25) is 0 Å². The van der Waals surface area contributed by atoms with E-state index in [0.717, 1.165) is 22.5 Å². The van der Waals surface area contributed by atoms with Crippen LogP contribution in [0.5, 0.6) is 0 Å². The standard InChI is InChI=1S/C24H34N2O5/c1-15(2)14-25-24(31)23-17(4)26(11-10-19(27)12-20(28)13-21(29)30)16(3)22(23)18-8-6-5-7-9-18/h5-9,15,19-20,27-28H,10-14H2,1-4H3,(H,25,31)(H,29,30)/t19-,20-/m1/s1. The third kappa shape index (κ3) is 6.67. The summed E-state index contributed by atoms with van der Waals surface area (Å²) in [4.78, 5) is 23.8. The van der Waals surface area contributed by atoms with Gasteiger partial charge in [-0.1, -0.05) is 44.2 Å². The number of rotatable bonds is 11. The SMILES string of the molecule is Cc1c(C(=O)NCC(C)C)c(-c2ccccc2)c(C)n1CC[C@@H](O)C[C@@H](O)CC(=O)O. The molecule has 4 N–H and O–H groups in total. The molecule has 31 heavy (non-hydrogen) atoms. The first kappa shape index (κ1) is 24.6. The number of aliphatic hydroxyl groups is 2. The molecule has 2 atom stereocenters. The molecule has 1 aromatic heterocycles. The lowest BCUT2D eigenvalue weighted by Gasteiger charge is -2.16. The van der Waals surface area contributed by atoms with Gasteiger partial charge in [-0.2, -0.15) is 0 Å². The molecule has 2 aromatic rings. The highest BCUT2D eigenvalue weighted by Crippen LogP contribution is 2.33. The van der Waals surface area contributed by atoms with Crippen LogP contribution in [-0.4, -0.2) is 50.5 Å². The number of carbonyl (C=O) groups is 2. The number of carboxylic acids is 1. The number of benzene rings is 1. The molecule has 1 heterocycles. The lowest BCUT2D eigenvalue weighted by atomic mass is 10.00. The first-order chi connectivity index (χ1) is 14.6. The molecule has 0 unspecified atom stereocenters. The summed E-state index contributed by atoms with van der Waals surface area (Å²) in [7, 11) is 0. The number of carboxylic acid groups (broad SMARTS) is 1. The molecule has 7 heteroatoms. The van der Waals surface area contributed by atoms with Crippen LogP contribution in [0.1, 0.15) is 54.9 Å². The summed E-state index contributed by atoms with van der Waals surface area (Å²) in [6.45, 7) is 8.98. The molecule has 7 nitrogen and oxygen atoms in total. The van der Waals surface area contributed by atoms with E-state index in [1.54, 1.807) is 0 Å². The molecular weight excluding hydrogens is 396 g/mol. The Labute approximate surface area is 183 Å². The first-order valence-electron chi connectivity index (χ1n) is 10.7. The lowest BCUT2D eigenvalue weighted by molar-refractivity contribution is -0.139. The van der Waals surface area contributed by atoms with E-state index in [9.17, 15) is 19.8 Å². The molecular formula is C24H34N2O5. The minimum absolute atomic E-state index is 0.00105. The van der Waals surface area contributed by atoms with Crippen molar-refractivity contribution in [3.05, 3.63) is 47.3 Å². The van der Waals surface area contributed by atoms with E-state index in [2.05, 4.69) is 5.32 Å². The zero-order valence-corrected chi connectivity index (χ0v) is 18.8. The number of hydrogen-bond donors (Lipinski definition) is 4. The maximum atomic E-state index is 13.1. The topological polar surface area (TPSA) is 112 Å². The number of aliphatic hydroxyl groups excluding tert-OH is 2. The number of carbonyl (C=O) groups excluding carboxylic acids is 1. The Balaban J connectivity index is 2.29. The van der Waals surface area contributed by atoms with Crippen molar-refractivity contribution in [2.75, 3.05) is 6.54 Å². The van der Waals surface area contributed by atoms with E-state index < -0.39 is 24.6 Å². The average molecular weight is 431 g/mol. The average Bonchev–Trinajstić information content (AvgIpc) is 2.94. The third-order valence-corrected chi connectivity index (χ3v) is 5.38. The minimum Gasteiger partial charge on any atom is -0.481 e. The van der Waals surface area contributed by atoms with Gasteiger partial charge in [0.05, 0.1) is 24.2 Å². The van der Waals surface area contributed by atoms with Crippen molar-refractivity contribution in [3.8, 4) is 11.1 Å². The predicted molar refractivity (Wildman–Crippen MR) is 120 cm³/mol. The normalized spacial score (nSPS) is 13.3. The van der Waals surface area contributed by atoms with E-state index in [0.29, 0.717) is 31.0 Å². The fourth-order valence-corrected chi connectivity index (χ4v) is 3.83. The highest BCUT2D eigenvalue weighted by molar-refractivity contribution is 6.03. The van der Waals surface area contributed by atoms with E-state index in [1.165, 1.54) is 0 Å². The van der Waals surface area contributed by atoms with Crippen LogP contribution < -0.4 is 5.32 Å². The van der Waals surface area contributed by atoms with Gasteiger partial charge in [0.15, 0.2) is 0 Å². The molecule has 0 saturated carbocycles. The summed E-state index contributed by atoms with van der Waals surface area (Å²) in [6.07, 6.45) is -1.98. The summed E-state index contributed by atoms with van der Waals surface area (Å²) < 4.78 is 2.01. The van der Waals surface area contributed by atoms with E-state index in [-0.39, 0.29) is 12.3 Å². The monoisotopic (exact) mass is 430 g/mol. The zero-order chi connectivity index (χ0) is 23.1. The summed E-state index contributed by atoms with van der Waals surface area (Å²) in [6, 6.07) is 9.75. The van der Waals surface area contributed by atoms with E-state index in [4.69, 9.17) is 5.11 Å². The van der Waals surface area contributed by atoms with Crippen molar-refractivity contribution in [2.45, 2.75) is 65.7 Å². The van der Waals surface area contributed by atoms with E-state index >= 15 is 0 Å². The Morgan fingerprint density at radius 1 is 1.03 bits per heavy atom. The van der Waals surface area contributed by atoms with Crippen molar-refractivity contribution >= 4 is 11.9 Å². The Bertz CT molecular complexity index is 889. The number of aromatic nitrogens is 1. The predicted octanol–water partition coefficient (Wildman–Crippen LogP) is 3.13. The maximum absolute atomic E-state index is 13.1. The molecule has 0 aliphatic rings. The van der Waals surface area contributed by atoms with Crippen molar-refractivity contribution in [1.82, 2.24) is 9.88 Å². The van der Waals surface area contributed by atoms with Crippen LogP contribution in [-0.2, 0) is 11.3 Å². The summed E-state index contributed by atoms with van der Waals surface area (Å²) in [5, 5.41) is 31.8. The Morgan fingerprint density at radius 3 is 2.26 bits per heavy atom. The summed E-state index contributed by atoms with van der Waals surface area (Å²) in [5.41, 5.74) is 4.20. The molecule has 0 bridgehead atoms. The van der Waals surface area contributed by atoms with Crippen molar-refractivity contribution in [2.24, 2.45) is 5.92 Å². The van der Waals surface area contributed by atoms with Gasteiger partial charge in [0, 0.05) is 30.0 Å². The lowest BCUT2D eigenvalue weighted by Crippen LogP contribution is -2.28. The molecule has 0 radical (unpaired) electrons. The Morgan fingerprint density at radius 2 is 1.68 bits per heavy atom. The molecule has 0 aliphatic carbocycles. The second kappa shape index (κ2) is 11.1. The maximum Gasteiger partial charge on any atom is 0.305 e. The Hall–Kier alpha value is -2.64. The summed E-state index contributed by atoms with van der Waals surface area (Å²) in [5.74, 6) is -0.884. The van der Waals surface area contributed by atoms with Gasteiger partial charge in [-0.3, -0.25) is 9.59 Å². The third-order valence-electron chi connectivity index (χ3n) is 5.38. The molecule has 1 amide bonds. The van der Waals surface area contributed by atoms with Crippen molar-refractivity contribution in [1.29, 1.82) is 0 Å². The minimum atomic E-state index is -1.10. The van der Waals surface area contributed by atoms with Gasteiger partial charge in [0.25, 0.3) is 5.91 Å². The zero-order valence-electron chi connectivity index (χ0n) is 18.8. The highest BCUT2D eigenvalue weighted by Gasteiger charge is 2.24. The van der Waals surface area contributed by atoms with Crippen molar-refractivity contribution in [3.63, 3.8) is 0 Å². The van der Waals surface area contributed by atoms with E-state index in [1.807, 2.05) is 62.6 Å². The van der Waals surface area contributed by atoms with Gasteiger partial charge in [0.2, 0.25) is 0 Å².